The van der Waals surface area contributed by atoms with Gasteiger partial charge in [0, 0.05) is 30.1 Å². The minimum atomic E-state index is -4.52. The van der Waals surface area contributed by atoms with Gasteiger partial charge in [0.25, 0.3) is 11.8 Å². The lowest BCUT2D eigenvalue weighted by Gasteiger charge is -2.25. The van der Waals surface area contributed by atoms with Crippen LogP contribution in [0.4, 0.5) is 13.2 Å². The Kier molecular flexibility index (Phi) is 6.42. The molecule has 0 saturated heterocycles. The summed E-state index contributed by atoms with van der Waals surface area (Å²) >= 11 is 6.06. The third kappa shape index (κ3) is 4.96. The number of nitrogens with one attached hydrogen (secondary N) is 2. The molecule has 0 spiro atoms. The Hall–Kier alpha value is -3.67. The highest BCUT2D eigenvalue weighted by Crippen LogP contribution is 2.34. The van der Waals surface area contributed by atoms with Crippen molar-refractivity contribution < 1.29 is 27.5 Å². The number of aromatic amines is 1. The molecule has 3 aromatic rings. The van der Waals surface area contributed by atoms with Crippen molar-refractivity contribution in [3.63, 3.8) is 0 Å². The second-order valence-electron chi connectivity index (χ2n) is 7.50. The van der Waals surface area contributed by atoms with Crippen molar-refractivity contribution in [3.8, 4) is 5.88 Å². The molecule has 1 atom stereocenters. The van der Waals surface area contributed by atoms with E-state index in [1.54, 1.807) is 17.9 Å². The zero-order chi connectivity index (χ0) is 24.5. The van der Waals surface area contributed by atoms with Crippen LogP contribution < -0.4 is 10.1 Å². The molecule has 0 fully saturated rings. The minimum absolute atomic E-state index is 0.0957. The van der Waals surface area contributed by atoms with E-state index in [1.807, 2.05) is 0 Å². The van der Waals surface area contributed by atoms with Gasteiger partial charge in [0.2, 0.25) is 5.88 Å². The number of rotatable bonds is 7. The van der Waals surface area contributed by atoms with Gasteiger partial charge in [0.05, 0.1) is 30.8 Å². The number of hydrogen-bond acceptors (Lipinski definition) is 6. The quantitative estimate of drug-likeness (QED) is 0.520. The molecule has 1 aliphatic heterocycles. The number of pyridine rings is 2. The largest absolute Gasteiger partial charge is 0.467 e. The Morgan fingerprint density at radius 3 is 2.82 bits per heavy atom. The first kappa shape index (κ1) is 23.5. The van der Waals surface area contributed by atoms with Crippen LogP contribution in [-0.2, 0) is 13.1 Å². The van der Waals surface area contributed by atoms with Crippen molar-refractivity contribution in [1.29, 1.82) is 0 Å². The molecule has 0 saturated carbocycles. The third-order valence-corrected chi connectivity index (χ3v) is 5.55. The lowest BCUT2D eigenvalue weighted by Crippen LogP contribution is -2.27. The smallest absolute Gasteiger partial charge is 0.422 e. The van der Waals surface area contributed by atoms with Crippen LogP contribution in [-0.4, -0.2) is 49.4 Å². The molecular weight excluding hydrogens is 477 g/mol. The normalized spacial score (nSPS) is 14.1. The maximum absolute atomic E-state index is 13.0. The van der Waals surface area contributed by atoms with Gasteiger partial charge in [-0.15, -0.1) is 0 Å². The molecule has 2 N–H and O–H groups in total. The summed E-state index contributed by atoms with van der Waals surface area (Å²) in [6.45, 7) is 0.569. The number of fused-ring (bicyclic) bond motifs is 1. The van der Waals surface area contributed by atoms with Gasteiger partial charge < -0.3 is 19.9 Å². The third-order valence-electron chi connectivity index (χ3n) is 5.28. The van der Waals surface area contributed by atoms with Gasteiger partial charge in [-0.3, -0.25) is 14.6 Å². The number of amides is 2. The summed E-state index contributed by atoms with van der Waals surface area (Å²) in [5.41, 5.74) is 2.49. The zero-order valence-corrected chi connectivity index (χ0v) is 18.4. The zero-order valence-electron chi connectivity index (χ0n) is 17.7. The number of carbonyl (C=O) groups is 2. The van der Waals surface area contributed by atoms with E-state index in [2.05, 4.69) is 30.0 Å². The van der Waals surface area contributed by atoms with Crippen molar-refractivity contribution in [1.82, 2.24) is 30.2 Å². The van der Waals surface area contributed by atoms with Crippen molar-refractivity contribution in [2.75, 3.05) is 6.61 Å². The van der Waals surface area contributed by atoms with Gasteiger partial charge >= 0.3 is 6.18 Å². The Morgan fingerprint density at radius 2 is 2.15 bits per heavy atom. The fourth-order valence-corrected chi connectivity index (χ4v) is 3.75. The summed E-state index contributed by atoms with van der Waals surface area (Å²) in [5.74, 6) is -0.954. The molecule has 0 aliphatic carbocycles. The van der Waals surface area contributed by atoms with E-state index in [1.165, 1.54) is 31.0 Å². The molecule has 178 valence electrons. The number of imidazole rings is 1. The number of H-pyrrole nitrogens is 1. The van der Waals surface area contributed by atoms with Crippen molar-refractivity contribution in [2.24, 2.45) is 0 Å². The molecule has 1 aliphatic rings. The van der Waals surface area contributed by atoms with Crippen LogP contribution in [0.1, 0.15) is 50.6 Å². The van der Waals surface area contributed by atoms with E-state index in [0.29, 0.717) is 28.1 Å². The second kappa shape index (κ2) is 9.29. The highest BCUT2D eigenvalue weighted by molar-refractivity contribution is 6.31. The number of alkyl halides is 3. The molecule has 3 aromatic heterocycles. The van der Waals surface area contributed by atoms with Gasteiger partial charge in [-0.1, -0.05) is 11.6 Å². The average Bonchev–Trinajstić information content (AvgIpc) is 3.44. The predicted octanol–water partition coefficient (Wildman–Crippen LogP) is 3.44. The molecular formula is C21H18ClF3N6O3. The summed E-state index contributed by atoms with van der Waals surface area (Å²) in [5, 5.41) is 2.64. The van der Waals surface area contributed by atoms with Crippen LogP contribution in [0.5, 0.6) is 5.88 Å². The highest BCUT2D eigenvalue weighted by Gasteiger charge is 2.34. The number of carbonyl (C=O) groups excluding carboxylic acids is 2. The molecule has 9 nitrogen and oxygen atoms in total. The molecule has 0 bridgehead atoms. The molecule has 1 unspecified atom stereocenters. The van der Waals surface area contributed by atoms with E-state index in [9.17, 15) is 22.8 Å². The fraction of sp³-hybridized carbons (Fsp3) is 0.286. The summed E-state index contributed by atoms with van der Waals surface area (Å²) in [6, 6.07) is 2.53. The van der Waals surface area contributed by atoms with Crippen molar-refractivity contribution in [2.45, 2.75) is 32.2 Å². The summed E-state index contributed by atoms with van der Waals surface area (Å²) in [4.78, 5) is 41.5. The fourth-order valence-electron chi connectivity index (χ4n) is 3.52. The number of aromatic nitrogens is 4. The average molecular weight is 495 g/mol. The van der Waals surface area contributed by atoms with Gasteiger partial charge in [0.15, 0.2) is 6.61 Å². The first-order chi connectivity index (χ1) is 16.1. The molecule has 13 heteroatoms. The first-order valence-corrected chi connectivity index (χ1v) is 10.4. The van der Waals surface area contributed by atoms with Crippen LogP contribution in [0.2, 0.25) is 5.02 Å². The molecule has 4 rings (SSSR count). The van der Waals surface area contributed by atoms with Crippen LogP contribution in [0.15, 0.2) is 37.1 Å². The minimum Gasteiger partial charge on any atom is -0.467 e. The Bertz CT molecular complexity index is 1220. The lowest BCUT2D eigenvalue weighted by atomic mass is 10.1. The number of nitrogens with zero attached hydrogens (tertiary/aromatic N) is 4. The first-order valence-electron chi connectivity index (χ1n) is 10.0. The van der Waals surface area contributed by atoms with Gasteiger partial charge in [-0.05, 0) is 24.6 Å². The van der Waals surface area contributed by atoms with Crippen LogP contribution >= 0.6 is 11.6 Å². The topological polar surface area (TPSA) is 113 Å². The van der Waals surface area contributed by atoms with Gasteiger partial charge in [-0.2, -0.15) is 13.2 Å². The standard InChI is InChI=1S/C21H18ClF3N6O3/c1-11(12-4-15(22)19(29-5-12)34-9-21(23,24)25)31-8-14-13(20(31)33)2-3-27-16(14)7-28-18(32)17-6-26-10-30-17/h2-6,10-11H,7-9H2,1H3,(H,26,30)(H,28,32). The monoisotopic (exact) mass is 494 g/mol. The van der Waals surface area contributed by atoms with Crippen LogP contribution in [0.3, 0.4) is 0 Å². The predicted molar refractivity (Wildman–Crippen MR) is 113 cm³/mol. The number of hydrogen-bond donors (Lipinski definition) is 2. The van der Waals surface area contributed by atoms with E-state index >= 15 is 0 Å². The molecule has 4 heterocycles. The van der Waals surface area contributed by atoms with E-state index in [0.717, 1.165) is 0 Å². The second-order valence-corrected chi connectivity index (χ2v) is 7.91. The van der Waals surface area contributed by atoms with E-state index in [-0.39, 0.29) is 35.8 Å². The van der Waals surface area contributed by atoms with Crippen molar-refractivity contribution >= 4 is 23.4 Å². The van der Waals surface area contributed by atoms with E-state index < -0.39 is 18.8 Å². The highest BCUT2D eigenvalue weighted by atomic mass is 35.5. The SMILES string of the molecule is CC(c1cnc(OCC(F)(F)F)c(Cl)c1)N1Cc2c(ccnc2CNC(=O)c2cnc[nH]2)C1=O. The van der Waals surface area contributed by atoms with Crippen LogP contribution in [0.25, 0.3) is 0 Å². The lowest BCUT2D eigenvalue weighted by molar-refractivity contribution is -0.154. The maximum atomic E-state index is 13.0. The van der Waals surface area contributed by atoms with Crippen molar-refractivity contribution in [3.05, 3.63) is 70.2 Å². The number of ether oxygens (including phenoxy) is 1. The number of halogens is 4. The summed E-state index contributed by atoms with van der Waals surface area (Å²) in [7, 11) is 0. The Balaban J connectivity index is 1.48. The molecule has 0 aromatic carbocycles. The Labute approximate surface area is 196 Å². The molecule has 2 amide bonds. The summed E-state index contributed by atoms with van der Waals surface area (Å²) in [6.07, 6.45) is 1.08. The maximum Gasteiger partial charge on any atom is 0.422 e. The van der Waals surface area contributed by atoms with Crippen LogP contribution in [0, 0.1) is 0 Å². The van der Waals surface area contributed by atoms with Gasteiger partial charge in [0.1, 0.15) is 10.7 Å². The molecule has 34 heavy (non-hydrogen) atoms. The molecule has 0 radical (unpaired) electrons. The summed E-state index contributed by atoms with van der Waals surface area (Å²) < 4.78 is 41.8. The Morgan fingerprint density at radius 1 is 1.35 bits per heavy atom. The van der Waals surface area contributed by atoms with Gasteiger partial charge in [-0.25, -0.2) is 9.97 Å². The van der Waals surface area contributed by atoms with E-state index in [4.69, 9.17) is 11.6 Å².